The second kappa shape index (κ2) is 8.94. The number of halogens is 3. The molecule has 1 aromatic carbocycles. The summed E-state index contributed by atoms with van der Waals surface area (Å²) in [6.07, 6.45) is 3.35. The normalized spacial score (nSPS) is 17.5. The maximum atomic E-state index is 13.8. The second-order valence-corrected chi connectivity index (χ2v) is 7.85. The SMILES string of the molecule is CSc1cc(N2CCN(c3ccnc(OC(F)F)c3)C(C(C)C)C2)ccc1F. The van der Waals surface area contributed by atoms with Gasteiger partial charge >= 0.3 is 6.61 Å². The Bertz CT molecular complexity index is 806. The predicted molar refractivity (Wildman–Crippen MR) is 107 cm³/mol. The molecule has 4 nitrogen and oxygen atoms in total. The van der Waals surface area contributed by atoms with E-state index in [-0.39, 0.29) is 17.7 Å². The van der Waals surface area contributed by atoms with Crippen LogP contribution in [0.25, 0.3) is 0 Å². The lowest BCUT2D eigenvalue weighted by Gasteiger charge is -2.45. The molecule has 2 heterocycles. The molecular weight excluding hydrogens is 387 g/mol. The Morgan fingerprint density at radius 2 is 1.93 bits per heavy atom. The topological polar surface area (TPSA) is 28.6 Å². The summed E-state index contributed by atoms with van der Waals surface area (Å²) in [5, 5.41) is 0. The highest BCUT2D eigenvalue weighted by molar-refractivity contribution is 7.98. The number of thioether (sulfide) groups is 1. The third-order valence-electron chi connectivity index (χ3n) is 4.95. The first-order valence-electron chi connectivity index (χ1n) is 9.15. The standard InChI is InChI=1S/C20H24F3N3OS/c1-13(2)17-12-25(14-4-5-16(21)18(10-14)28-3)8-9-26(17)15-6-7-24-19(11-15)27-20(22)23/h4-7,10-11,13,17,20H,8-9,12H2,1-3H3. The minimum Gasteiger partial charge on any atom is -0.417 e. The van der Waals surface area contributed by atoms with Gasteiger partial charge in [-0.1, -0.05) is 13.8 Å². The summed E-state index contributed by atoms with van der Waals surface area (Å²) in [5.74, 6) is 0.0372. The molecule has 0 radical (unpaired) electrons. The van der Waals surface area contributed by atoms with Gasteiger partial charge in [0.1, 0.15) is 5.82 Å². The lowest BCUT2D eigenvalue weighted by Crippen LogP contribution is -2.55. The van der Waals surface area contributed by atoms with Gasteiger partial charge in [-0.05, 0) is 36.4 Å². The van der Waals surface area contributed by atoms with Gasteiger partial charge in [-0.3, -0.25) is 0 Å². The lowest BCUT2D eigenvalue weighted by molar-refractivity contribution is -0.0528. The fourth-order valence-electron chi connectivity index (χ4n) is 3.51. The van der Waals surface area contributed by atoms with Crippen LogP contribution in [0.2, 0.25) is 0 Å². The van der Waals surface area contributed by atoms with Gasteiger partial charge in [0.15, 0.2) is 0 Å². The number of hydrogen-bond donors (Lipinski definition) is 0. The quantitative estimate of drug-likeness (QED) is 0.631. The predicted octanol–water partition coefficient (Wildman–Crippen LogP) is 4.90. The van der Waals surface area contributed by atoms with Crippen LogP contribution in [0.15, 0.2) is 41.4 Å². The number of piperazine rings is 1. The lowest BCUT2D eigenvalue weighted by atomic mass is 9.98. The number of pyridine rings is 1. The average molecular weight is 411 g/mol. The number of ether oxygens (including phenoxy) is 1. The zero-order valence-electron chi connectivity index (χ0n) is 16.1. The Labute approximate surface area is 167 Å². The van der Waals surface area contributed by atoms with Crippen LogP contribution < -0.4 is 14.5 Å². The average Bonchev–Trinajstić information content (AvgIpc) is 2.67. The molecule has 1 fully saturated rings. The molecular formula is C20H24F3N3OS. The number of aromatic nitrogens is 1. The third-order valence-corrected chi connectivity index (χ3v) is 5.70. The molecule has 0 bridgehead atoms. The molecule has 3 rings (SSSR count). The monoisotopic (exact) mass is 411 g/mol. The van der Waals surface area contributed by atoms with Crippen LogP contribution in [0.5, 0.6) is 5.88 Å². The van der Waals surface area contributed by atoms with Gasteiger partial charge < -0.3 is 14.5 Å². The molecule has 1 saturated heterocycles. The Kier molecular flexibility index (Phi) is 6.59. The number of alkyl halides is 2. The summed E-state index contributed by atoms with van der Waals surface area (Å²) in [5.41, 5.74) is 1.81. The van der Waals surface area contributed by atoms with Crippen LogP contribution in [-0.2, 0) is 0 Å². The fraction of sp³-hybridized carbons (Fsp3) is 0.450. The molecule has 1 aromatic heterocycles. The Morgan fingerprint density at radius 1 is 1.14 bits per heavy atom. The summed E-state index contributed by atoms with van der Waals surface area (Å²) in [7, 11) is 0. The van der Waals surface area contributed by atoms with Crippen LogP contribution in [-0.4, -0.2) is 43.5 Å². The van der Waals surface area contributed by atoms with Crippen molar-refractivity contribution in [2.45, 2.75) is 31.4 Å². The molecule has 0 aliphatic carbocycles. The van der Waals surface area contributed by atoms with Crippen molar-refractivity contribution in [3.63, 3.8) is 0 Å². The van der Waals surface area contributed by atoms with Crippen molar-refractivity contribution in [1.29, 1.82) is 0 Å². The molecule has 1 atom stereocenters. The van der Waals surface area contributed by atoms with Crippen molar-refractivity contribution < 1.29 is 17.9 Å². The smallest absolute Gasteiger partial charge is 0.388 e. The van der Waals surface area contributed by atoms with E-state index in [1.54, 1.807) is 6.07 Å². The number of rotatable bonds is 6. The first kappa shape index (κ1) is 20.6. The minimum atomic E-state index is -2.90. The molecule has 1 aliphatic heterocycles. The highest BCUT2D eigenvalue weighted by Gasteiger charge is 2.30. The molecule has 0 amide bonds. The summed E-state index contributed by atoms with van der Waals surface area (Å²) in [6.45, 7) is 3.59. The molecule has 8 heteroatoms. The highest BCUT2D eigenvalue weighted by Crippen LogP contribution is 2.31. The minimum absolute atomic E-state index is 0.0828. The highest BCUT2D eigenvalue weighted by atomic mass is 32.2. The number of benzene rings is 1. The van der Waals surface area contributed by atoms with Crippen molar-refractivity contribution in [3.05, 3.63) is 42.3 Å². The van der Waals surface area contributed by atoms with E-state index in [9.17, 15) is 13.2 Å². The van der Waals surface area contributed by atoms with Crippen molar-refractivity contribution >= 4 is 23.1 Å². The Morgan fingerprint density at radius 3 is 2.61 bits per heavy atom. The summed E-state index contributed by atoms with van der Waals surface area (Å²) in [4.78, 5) is 8.94. The van der Waals surface area contributed by atoms with Crippen molar-refractivity contribution in [3.8, 4) is 5.88 Å². The van der Waals surface area contributed by atoms with E-state index >= 15 is 0 Å². The van der Waals surface area contributed by atoms with E-state index in [2.05, 4.69) is 33.4 Å². The van der Waals surface area contributed by atoms with Gasteiger partial charge in [0, 0.05) is 54.2 Å². The van der Waals surface area contributed by atoms with Crippen LogP contribution in [0.3, 0.4) is 0 Å². The van der Waals surface area contributed by atoms with E-state index in [0.29, 0.717) is 17.4 Å². The van der Waals surface area contributed by atoms with E-state index in [1.807, 2.05) is 24.5 Å². The van der Waals surface area contributed by atoms with Gasteiger partial charge in [0.25, 0.3) is 0 Å². The largest absolute Gasteiger partial charge is 0.417 e. The maximum Gasteiger partial charge on any atom is 0.388 e. The molecule has 28 heavy (non-hydrogen) atoms. The second-order valence-electron chi connectivity index (χ2n) is 7.00. The number of anilines is 2. The zero-order chi connectivity index (χ0) is 20.3. The van der Waals surface area contributed by atoms with Crippen LogP contribution >= 0.6 is 11.8 Å². The van der Waals surface area contributed by atoms with Crippen LogP contribution in [0.4, 0.5) is 24.5 Å². The van der Waals surface area contributed by atoms with Crippen molar-refractivity contribution in [2.24, 2.45) is 5.92 Å². The van der Waals surface area contributed by atoms with Crippen LogP contribution in [0, 0.1) is 11.7 Å². The van der Waals surface area contributed by atoms with E-state index in [0.717, 1.165) is 24.5 Å². The molecule has 2 aromatic rings. The van der Waals surface area contributed by atoms with Gasteiger partial charge in [-0.15, -0.1) is 11.8 Å². The molecule has 0 spiro atoms. The summed E-state index contributed by atoms with van der Waals surface area (Å²) < 4.78 is 43.3. The first-order chi connectivity index (χ1) is 13.4. The van der Waals surface area contributed by atoms with Crippen molar-refractivity contribution in [1.82, 2.24) is 4.98 Å². The van der Waals surface area contributed by atoms with Gasteiger partial charge in [0.05, 0.1) is 0 Å². The zero-order valence-corrected chi connectivity index (χ0v) is 16.9. The molecule has 0 N–H and O–H groups in total. The van der Waals surface area contributed by atoms with E-state index in [4.69, 9.17) is 0 Å². The molecule has 0 saturated carbocycles. The number of nitrogens with zero attached hydrogens (tertiary/aromatic N) is 3. The Hall–Kier alpha value is -2.09. The number of hydrogen-bond acceptors (Lipinski definition) is 5. The first-order valence-corrected chi connectivity index (χ1v) is 10.4. The maximum absolute atomic E-state index is 13.8. The van der Waals surface area contributed by atoms with Gasteiger partial charge in [-0.2, -0.15) is 8.78 Å². The third kappa shape index (κ3) is 4.66. The van der Waals surface area contributed by atoms with E-state index < -0.39 is 6.61 Å². The van der Waals surface area contributed by atoms with Crippen molar-refractivity contribution in [2.75, 3.05) is 35.7 Å². The van der Waals surface area contributed by atoms with Gasteiger partial charge in [0.2, 0.25) is 5.88 Å². The molecule has 152 valence electrons. The van der Waals surface area contributed by atoms with E-state index in [1.165, 1.54) is 24.0 Å². The molecule has 1 unspecified atom stereocenters. The Balaban J connectivity index is 1.82. The summed E-state index contributed by atoms with van der Waals surface area (Å²) >= 11 is 1.39. The molecule has 1 aliphatic rings. The van der Waals surface area contributed by atoms with Gasteiger partial charge in [-0.25, -0.2) is 9.37 Å². The summed E-state index contributed by atoms with van der Waals surface area (Å²) in [6, 6.07) is 8.73. The fourth-order valence-corrected chi connectivity index (χ4v) is 4.02. The van der Waals surface area contributed by atoms with Crippen LogP contribution in [0.1, 0.15) is 13.8 Å².